The molecule has 1 aliphatic rings. The molecule has 0 fully saturated rings. The highest BCUT2D eigenvalue weighted by molar-refractivity contribution is 6.85. The average molecular weight is 303 g/mol. The van der Waals surface area contributed by atoms with E-state index in [2.05, 4.69) is 74.0 Å². The molecule has 0 N–H and O–H groups in total. The molecule has 4 rings (SSSR count). The summed E-state index contributed by atoms with van der Waals surface area (Å²) in [7, 11) is 4.24. The van der Waals surface area contributed by atoms with Crippen LogP contribution < -0.4 is 20.8 Å². The van der Waals surface area contributed by atoms with Crippen LogP contribution in [0.3, 0.4) is 0 Å². The van der Waals surface area contributed by atoms with E-state index in [-0.39, 0.29) is 6.85 Å². The van der Waals surface area contributed by atoms with E-state index in [9.17, 15) is 0 Å². The summed E-state index contributed by atoms with van der Waals surface area (Å²) in [6, 6.07) is 12.6. The molecule has 4 heteroatoms. The molecule has 0 atom stereocenters. The molecule has 0 saturated heterocycles. The first-order chi connectivity index (χ1) is 11.1. The summed E-state index contributed by atoms with van der Waals surface area (Å²) in [6.45, 7) is 4.50. The average Bonchev–Trinajstić information content (AvgIpc) is 2.90. The lowest BCUT2D eigenvalue weighted by molar-refractivity contribution is -0.654. The molecule has 23 heavy (non-hydrogen) atoms. The second-order valence-corrected chi connectivity index (χ2v) is 6.46. The minimum absolute atomic E-state index is 0.188. The minimum atomic E-state index is 0.188. The van der Waals surface area contributed by atoms with Gasteiger partial charge in [-0.05, 0) is 44.2 Å². The second kappa shape index (κ2) is 5.02. The highest BCUT2D eigenvalue weighted by Crippen LogP contribution is 2.13. The van der Waals surface area contributed by atoms with E-state index >= 15 is 0 Å². The van der Waals surface area contributed by atoms with E-state index in [4.69, 9.17) is 4.42 Å². The Labute approximate surface area is 136 Å². The maximum absolute atomic E-state index is 6.17. The van der Waals surface area contributed by atoms with Crippen molar-refractivity contribution < 1.29 is 8.98 Å². The quantitative estimate of drug-likeness (QED) is 0.491. The van der Waals surface area contributed by atoms with Gasteiger partial charge in [0, 0.05) is 22.7 Å². The maximum Gasteiger partial charge on any atom is 0.402 e. The molecule has 3 heterocycles. The number of hydrogen-bond donors (Lipinski definition) is 0. The molecular weight excluding hydrogens is 283 g/mol. The Balaban J connectivity index is 2.03. The zero-order chi connectivity index (χ0) is 16.1. The number of pyridine rings is 1. The normalized spacial score (nSPS) is 14.2. The first-order valence-electron chi connectivity index (χ1n) is 7.94. The SMILES string of the molecule is CC1=c2oc3ccccc3c2=CN(C)B1c1cc(C)cc[n+]1C. The Kier molecular flexibility index (Phi) is 3.08. The van der Waals surface area contributed by atoms with Crippen LogP contribution in [-0.4, -0.2) is 18.7 Å². The van der Waals surface area contributed by atoms with Gasteiger partial charge < -0.3 is 9.23 Å². The maximum atomic E-state index is 6.17. The van der Waals surface area contributed by atoms with E-state index in [1.54, 1.807) is 0 Å². The van der Waals surface area contributed by atoms with E-state index in [1.807, 2.05) is 12.1 Å². The van der Waals surface area contributed by atoms with Gasteiger partial charge in [0.15, 0.2) is 11.8 Å². The topological polar surface area (TPSA) is 20.3 Å². The van der Waals surface area contributed by atoms with E-state index < -0.39 is 0 Å². The van der Waals surface area contributed by atoms with Crippen molar-refractivity contribution in [2.24, 2.45) is 7.05 Å². The number of nitrogens with zero attached hydrogens (tertiary/aromatic N) is 2. The smallest absolute Gasteiger partial charge is 0.402 e. The molecule has 0 saturated carbocycles. The van der Waals surface area contributed by atoms with E-state index in [0.717, 1.165) is 11.0 Å². The lowest BCUT2D eigenvalue weighted by atomic mass is 9.50. The number of hydrogen-bond acceptors (Lipinski definition) is 2. The summed E-state index contributed by atoms with van der Waals surface area (Å²) in [4.78, 5) is 2.29. The summed E-state index contributed by atoms with van der Waals surface area (Å²) in [5.74, 6) is 0. The van der Waals surface area contributed by atoms with Crippen LogP contribution >= 0.6 is 0 Å². The fourth-order valence-electron chi connectivity index (χ4n) is 3.60. The van der Waals surface area contributed by atoms with Gasteiger partial charge in [-0.3, -0.25) is 0 Å². The number of aromatic nitrogens is 1. The van der Waals surface area contributed by atoms with Crippen LogP contribution in [0.2, 0.25) is 0 Å². The molecule has 114 valence electrons. The van der Waals surface area contributed by atoms with Crippen molar-refractivity contribution in [1.29, 1.82) is 0 Å². The molecule has 0 bridgehead atoms. The van der Waals surface area contributed by atoms with Crippen LogP contribution in [0, 0.1) is 6.92 Å². The third-order valence-corrected chi connectivity index (χ3v) is 4.77. The first kappa shape index (κ1) is 14.1. The fourth-order valence-corrected chi connectivity index (χ4v) is 3.60. The molecule has 2 aromatic heterocycles. The van der Waals surface area contributed by atoms with Crippen molar-refractivity contribution >= 4 is 35.1 Å². The van der Waals surface area contributed by atoms with Crippen LogP contribution in [0.4, 0.5) is 0 Å². The monoisotopic (exact) mass is 303 g/mol. The molecule has 0 amide bonds. The predicted molar refractivity (Wildman–Crippen MR) is 94.5 cm³/mol. The van der Waals surface area contributed by atoms with Gasteiger partial charge in [-0.1, -0.05) is 18.2 Å². The Morgan fingerprint density at radius 1 is 1.13 bits per heavy atom. The van der Waals surface area contributed by atoms with Crippen molar-refractivity contribution in [1.82, 2.24) is 4.81 Å². The predicted octanol–water partition coefficient (Wildman–Crippen LogP) is 0.858. The summed E-state index contributed by atoms with van der Waals surface area (Å²) >= 11 is 0. The van der Waals surface area contributed by atoms with E-state index in [1.165, 1.54) is 27.2 Å². The molecule has 0 unspecified atom stereocenters. The lowest BCUT2D eigenvalue weighted by Gasteiger charge is -2.24. The van der Waals surface area contributed by atoms with Gasteiger partial charge in [-0.2, -0.15) is 0 Å². The fraction of sp³-hybridized carbons (Fsp3) is 0.211. The highest BCUT2D eigenvalue weighted by atomic mass is 16.3. The number of benzene rings is 1. The van der Waals surface area contributed by atoms with Gasteiger partial charge >= 0.3 is 6.85 Å². The van der Waals surface area contributed by atoms with Crippen molar-refractivity contribution in [3.8, 4) is 0 Å². The van der Waals surface area contributed by atoms with Gasteiger partial charge in [-0.25, -0.2) is 4.57 Å². The van der Waals surface area contributed by atoms with Gasteiger partial charge in [0.05, 0.1) is 0 Å². The van der Waals surface area contributed by atoms with Crippen molar-refractivity contribution in [3.05, 3.63) is 58.8 Å². The summed E-state index contributed by atoms with van der Waals surface area (Å²) in [5, 5.41) is 2.37. The molecule has 0 radical (unpaired) electrons. The molecule has 1 aromatic carbocycles. The van der Waals surface area contributed by atoms with Crippen LogP contribution in [0.15, 0.2) is 47.0 Å². The third kappa shape index (κ3) is 2.09. The van der Waals surface area contributed by atoms with Crippen LogP contribution in [0.25, 0.3) is 22.6 Å². The minimum Gasteiger partial charge on any atom is -0.457 e. The number of fused-ring (bicyclic) bond motifs is 3. The van der Waals surface area contributed by atoms with Gasteiger partial charge in [0.2, 0.25) is 0 Å². The van der Waals surface area contributed by atoms with Crippen molar-refractivity contribution in [2.75, 3.05) is 7.05 Å². The van der Waals surface area contributed by atoms with Gasteiger partial charge in [-0.15, -0.1) is 0 Å². The highest BCUT2D eigenvalue weighted by Gasteiger charge is 2.35. The van der Waals surface area contributed by atoms with E-state index in [0.29, 0.717) is 0 Å². The Morgan fingerprint density at radius 2 is 1.91 bits per heavy atom. The third-order valence-electron chi connectivity index (χ3n) is 4.77. The van der Waals surface area contributed by atoms with Crippen molar-refractivity contribution in [2.45, 2.75) is 13.8 Å². The number of rotatable bonds is 1. The standard InChI is InChI=1S/C19H20BN2O/c1-13-9-10-21(3)18(11-13)20-14(2)19-16(12-22(20)4)15-7-5-6-8-17(15)23-19/h5-12H,1-4H3/q+1. The zero-order valence-corrected chi connectivity index (χ0v) is 14.0. The number of aryl methyl sites for hydroxylation is 2. The number of para-hydroxylation sites is 1. The van der Waals surface area contributed by atoms with Gasteiger partial charge in [0.25, 0.3) is 0 Å². The molecule has 1 aliphatic heterocycles. The molecule has 0 spiro atoms. The molecule has 0 aliphatic carbocycles. The Hall–Kier alpha value is -2.49. The second-order valence-electron chi connectivity index (χ2n) is 6.46. The number of furan rings is 1. The van der Waals surface area contributed by atoms with Gasteiger partial charge in [0.1, 0.15) is 18.0 Å². The summed E-state index contributed by atoms with van der Waals surface area (Å²) in [6.07, 6.45) is 4.33. The largest absolute Gasteiger partial charge is 0.457 e. The Bertz CT molecular complexity index is 1040. The summed E-state index contributed by atoms with van der Waals surface area (Å²) in [5.41, 5.74) is 5.76. The summed E-state index contributed by atoms with van der Waals surface area (Å²) < 4.78 is 8.36. The van der Waals surface area contributed by atoms with Crippen LogP contribution in [0.5, 0.6) is 0 Å². The molecule has 3 nitrogen and oxygen atoms in total. The first-order valence-corrected chi connectivity index (χ1v) is 7.94. The van der Waals surface area contributed by atoms with Crippen LogP contribution in [0.1, 0.15) is 12.5 Å². The van der Waals surface area contributed by atoms with Crippen LogP contribution in [-0.2, 0) is 7.05 Å². The lowest BCUT2D eigenvalue weighted by Crippen LogP contribution is -2.62. The molecular formula is C19H20BN2O+. The van der Waals surface area contributed by atoms with Crippen molar-refractivity contribution in [3.63, 3.8) is 0 Å². The zero-order valence-electron chi connectivity index (χ0n) is 14.0. The Morgan fingerprint density at radius 3 is 2.74 bits per heavy atom. The molecule has 3 aromatic rings.